The number of aromatic carboxylic acids is 1. The van der Waals surface area contributed by atoms with Crippen LogP contribution in [0.25, 0.3) is 0 Å². The summed E-state index contributed by atoms with van der Waals surface area (Å²) in [4.78, 5) is 10.7. The minimum Gasteiger partial charge on any atom is -0.478 e. The average molecular weight is 324 g/mol. The number of carboxylic acid groups (broad SMARTS) is 1. The van der Waals surface area contributed by atoms with Crippen LogP contribution in [0.4, 0.5) is 5.69 Å². The maximum atomic E-state index is 10.7. The van der Waals surface area contributed by atoms with E-state index in [1.54, 1.807) is 24.3 Å². The predicted octanol–water partition coefficient (Wildman–Crippen LogP) is 4.74. The number of nitrogens with one attached hydrogen (secondary N) is 1. The molecule has 21 heavy (non-hydrogen) atoms. The molecular weight excluding hydrogens is 309 g/mol. The molecule has 2 aromatic rings. The standard InChI is InChI=1S/C16H15Cl2NO2/c17-14-4-1-5-15(18)13(14)3-2-10-19-12-8-6-11(7-9-12)16(20)21/h1,4-9,19H,2-3,10H2,(H,20,21). The molecule has 0 spiro atoms. The van der Waals surface area contributed by atoms with Gasteiger partial charge in [-0.25, -0.2) is 4.79 Å². The Morgan fingerprint density at radius 2 is 1.67 bits per heavy atom. The van der Waals surface area contributed by atoms with Crippen molar-refractivity contribution in [1.82, 2.24) is 0 Å². The Morgan fingerprint density at radius 3 is 2.24 bits per heavy atom. The first kappa shape index (κ1) is 15.7. The number of hydrogen-bond donors (Lipinski definition) is 2. The van der Waals surface area contributed by atoms with Crippen LogP contribution < -0.4 is 5.32 Å². The van der Waals surface area contributed by atoms with Crippen LogP contribution in [0.5, 0.6) is 0 Å². The molecule has 0 heterocycles. The Labute approximate surface area is 133 Å². The Bertz CT molecular complexity index is 606. The van der Waals surface area contributed by atoms with Crippen LogP contribution in [0.1, 0.15) is 22.3 Å². The maximum absolute atomic E-state index is 10.7. The molecule has 0 bridgehead atoms. The Kier molecular flexibility index (Phi) is 5.48. The molecule has 110 valence electrons. The molecule has 0 aromatic heterocycles. The average Bonchev–Trinajstić information content (AvgIpc) is 2.46. The van der Waals surface area contributed by atoms with Gasteiger partial charge < -0.3 is 10.4 Å². The summed E-state index contributed by atoms with van der Waals surface area (Å²) in [5, 5.41) is 13.4. The zero-order valence-electron chi connectivity index (χ0n) is 11.3. The molecule has 0 unspecified atom stereocenters. The molecule has 3 nitrogen and oxygen atoms in total. The third kappa shape index (κ3) is 4.38. The fraction of sp³-hybridized carbons (Fsp3) is 0.188. The second kappa shape index (κ2) is 7.34. The zero-order valence-corrected chi connectivity index (χ0v) is 12.8. The Hall–Kier alpha value is -1.71. The SMILES string of the molecule is O=C(O)c1ccc(NCCCc2c(Cl)cccc2Cl)cc1. The quantitative estimate of drug-likeness (QED) is 0.755. The molecule has 0 atom stereocenters. The van der Waals surface area contributed by atoms with Gasteiger partial charge in [-0.1, -0.05) is 29.3 Å². The van der Waals surface area contributed by atoms with E-state index in [-0.39, 0.29) is 5.56 Å². The minimum atomic E-state index is -0.921. The smallest absolute Gasteiger partial charge is 0.335 e. The number of halogens is 2. The van der Waals surface area contributed by atoms with Crippen LogP contribution in [0.15, 0.2) is 42.5 Å². The number of rotatable bonds is 6. The summed E-state index contributed by atoms with van der Waals surface area (Å²) in [6, 6.07) is 12.2. The highest BCUT2D eigenvalue weighted by Crippen LogP contribution is 2.25. The highest BCUT2D eigenvalue weighted by Gasteiger charge is 2.05. The zero-order chi connectivity index (χ0) is 15.2. The van der Waals surface area contributed by atoms with Gasteiger partial charge in [0, 0.05) is 22.3 Å². The van der Waals surface area contributed by atoms with Crippen molar-refractivity contribution >= 4 is 34.9 Å². The van der Waals surface area contributed by atoms with Crippen molar-refractivity contribution in [1.29, 1.82) is 0 Å². The number of carboxylic acids is 1. The van der Waals surface area contributed by atoms with Crippen molar-refractivity contribution in [2.75, 3.05) is 11.9 Å². The van der Waals surface area contributed by atoms with Crippen molar-refractivity contribution in [3.8, 4) is 0 Å². The molecule has 2 N–H and O–H groups in total. The van der Waals surface area contributed by atoms with Crippen LogP contribution in [-0.2, 0) is 6.42 Å². The van der Waals surface area contributed by atoms with Gasteiger partial charge >= 0.3 is 5.97 Å². The Morgan fingerprint density at radius 1 is 1.05 bits per heavy atom. The van der Waals surface area contributed by atoms with E-state index in [4.69, 9.17) is 28.3 Å². The van der Waals surface area contributed by atoms with Crippen molar-refractivity contribution < 1.29 is 9.90 Å². The lowest BCUT2D eigenvalue weighted by atomic mass is 10.1. The van der Waals surface area contributed by atoms with E-state index in [1.807, 2.05) is 18.2 Å². The van der Waals surface area contributed by atoms with Crippen LogP contribution in [0.2, 0.25) is 10.0 Å². The fourth-order valence-corrected chi connectivity index (χ4v) is 2.59. The predicted molar refractivity (Wildman–Crippen MR) is 86.7 cm³/mol. The van der Waals surface area contributed by atoms with E-state index in [2.05, 4.69) is 5.32 Å². The normalized spacial score (nSPS) is 10.4. The van der Waals surface area contributed by atoms with Crippen molar-refractivity contribution in [3.05, 3.63) is 63.6 Å². The van der Waals surface area contributed by atoms with Crippen LogP contribution in [-0.4, -0.2) is 17.6 Å². The van der Waals surface area contributed by atoms with E-state index >= 15 is 0 Å². The minimum absolute atomic E-state index is 0.281. The first-order chi connectivity index (χ1) is 10.1. The highest BCUT2D eigenvalue weighted by atomic mass is 35.5. The summed E-state index contributed by atoms with van der Waals surface area (Å²) in [7, 11) is 0. The van der Waals surface area contributed by atoms with Gasteiger partial charge in [0.05, 0.1) is 5.56 Å². The molecule has 0 aliphatic heterocycles. The van der Waals surface area contributed by atoms with Crippen LogP contribution >= 0.6 is 23.2 Å². The first-order valence-corrected chi connectivity index (χ1v) is 7.33. The summed E-state index contributed by atoms with van der Waals surface area (Å²) in [5.41, 5.74) is 2.14. The molecule has 0 aliphatic rings. The molecule has 0 fully saturated rings. The second-order valence-electron chi connectivity index (χ2n) is 4.61. The van der Waals surface area contributed by atoms with Gasteiger partial charge in [0.25, 0.3) is 0 Å². The van der Waals surface area contributed by atoms with E-state index in [1.165, 1.54) is 0 Å². The van der Waals surface area contributed by atoms with Gasteiger partial charge in [0.1, 0.15) is 0 Å². The molecule has 2 aromatic carbocycles. The lowest BCUT2D eigenvalue weighted by molar-refractivity contribution is 0.0697. The summed E-state index contributed by atoms with van der Waals surface area (Å²) < 4.78 is 0. The lowest BCUT2D eigenvalue weighted by Crippen LogP contribution is -2.04. The molecule has 0 radical (unpaired) electrons. The summed E-state index contributed by atoms with van der Waals surface area (Å²) >= 11 is 12.2. The number of hydrogen-bond acceptors (Lipinski definition) is 2. The monoisotopic (exact) mass is 323 g/mol. The maximum Gasteiger partial charge on any atom is 0.335 e. The summed E-state index contributed by atoms with van der Waals surface area (Å²) in [5.74, 6) is -0.921. The van der Waals surface area contributed by atoms with Crippen molar-refractivity contribution in [2.45, 2.75) is 12.8 Å². The number of carbonyl (C=O) groups is 1. The van der Waals surface area contributed by atoms with Crippen molar-refractivity contribution in [3.63, 3.8) is 0 Å². The van der Waals surface area contributed by atoms with Gasteiger partial charge in [-0.2, -0.15) is 0 Å². The van der Waals surface area contributed by atoms with E-state index in [0.29, 0.717) is 10.0 Å². The Balaban J connectivity index is 1.83. The van der Waals surface area contributed by atoms with E-state index in [9.17, 15) is 4.79 Å². The van der Waals surface area contributed by atoms with Gasteiger partial charge in [0.2, 0.25) is 0 Å². The summed E-state index contributed by atoms with van der Waals surface area (Å²) in [6.07, 6.45) is 1.67. The third-order valence-corrected chi connectivity index (χ3v) is 3.83. The fourth-order valence-electron chi connectivity index (χ4n) is 2.00. The van der Waals surface area contributed by atoms with Gasteiger partial charge in [-0.05, 0) is 54.8 Å². The molecule has 0 saturated heterocycles. The molecule has 0 aliphatic carbocycles. The topological polar surface area (TPSA) is 49.3 Å². The second-order valence-corrected chi connectivity index (χ2v) is 5.43. The third-order valence-electron chi connectivity index (χ3n) is 3.13. The lowest BCUT2D eigenvalue weighted by Gasteiger charge is -2.09. The van der Waals surface area contributed by atoms with Gasteiger partial charge in [-0.3, -0.25) is 0 Å². The number of anilines is 1. The number of benzene rings is 2. The molecule has 0 amide bonds. The molecule has 5 heteroatoms. The molecule has 0 saturated carbocycles. The van der Waals surface area contributed by atoms with Crippen LogP contribution in [0, 0.1) is 0 Å². The largest absolute Gasteiger partial charge is 0.478 e. The first-order valence-electron chi connectivity index (χ1n) is 6.58. The van der Waals surface area contributed by atoms with Crippen molar-refractivity contribution in [2.24, 2.45) is 0 Å². The van der Waals surface area contributed by atoms with Gasteiger partial charge in [-0.15, -0.1) is 0 Å². The molecular formula is C16H15Cl2NO2. The van der Waals surface area contributed by atoms with E-state index < -0.39 is 5.97 Å². The summed E-state index contributed by atoms with van der Waals surface area (Å²) in [6.45, 7) is 0.758. The van der Waals surface area contributed by atoms with Gasteiger partial charge in [0.15, 0.2) is 0 Å². The highest BCUT2D eigenvalue weighted by molar-refractivity contribution is 6.35. The van der Waals surface area contributed by atoms with Crippen LogP contribution in [0.3, 0.4) is 0 Å². The van der Waals surface area contributed by atoms with E-state index in [0.717, 1.165) is 30.6 Å². The molecule has 2 rings (SSSR count).